The first kappa shape index (κ1) is 17.4. The van der Waals surface area contributed by atoms with Crippen LogP contribution in [0.5, 0.6) is 0 Å². The van der Waals surface area contributed by atoms with Crippen molar-refractivity contribution in [1.29, 1.82) is 5.26 Å². The highest BCUT2D eigenvalue weighted by atomic mass is 15.2. The van der Waals surface area contributed by atoms with Crippen molar-refractivity contribution in [2.45, 2.75) is 38.6 Å². The summed E-state index contributed by atoms with van der Waals surface area (Å²) < 4.78 is 0. The molecule has 0 amide bonds. The van der Waals surface area contributed by atoms with Gasteiger partial charge in [0, 0.05) is 13.1 Å². The minimum Gasteiger partial charge on any atom is -0.308 e. The molecular weight excluding hydrogens is 224 g/mol. The lowest BCUT2D eigenvalue weighted by molar-refractivity contribution is 0.231. The molecule has 4 heteroatoms. The zero-order valence-corrected chi connectivity index (χ0v) is 12.8. The van der Waals surface area contributed by atoms with Crippen molar-refractivity contribution in [2.75, 3.05) is 47.3 Å². The monoisotopic (exact) mass is 254 g/mol. The fourth-order valence-corrected chi connectivity index (χ4v) is 1.89. The van der Waals surface area contributed by atoms with Crippen LogP contribution < -0.4 is 5.32 Å². The number of nitrogens with one attached hydrogen (secondary N) is 1. The van der Waals surface area contributed by atoms with Gasteiger partial charge in [-0.3, -0.25) is 0 Å². The van der Waals surface area contributed by atoms with E-state index in [1.54, 1.807) is 0 Å². The number of likely N-dealkylation sites (N-methyl/N-ethyl adjacent to an activating group) is 1. The molecule has 0 saturated heterocycles. The van der Waals surface area contributed by atoms with Crippen LogP contribution >= 0.6 is 0 Å². The highest BCUT2D eigenvalue weighted by molar-refractivity contribution is 5.02. The van der Waals surface area contributed by atoms with Gasteiger partial charge in [0.1, 0.15) is 5.54 Å². The number of hydrogen-bond acceptors (Lipinski definition) is 4. The molecule has 0 fully saturated rings. The van der Waals surface area contributed by atoms with Crippen molar-refractivity contribution < 1.29 is 0 Å². The van der Waals surface area contributed by atoms with Crippen molar-refractivity contribution in [3.8, 4) is 6.07 Å². The van der Waals surface area contributed by atoms with E-state index in [0.717, 1.165) is 39.0 Å². The summed E-state index contributed by atoms with van der Waals surface area (Å²) in [6.45, 7) is 8.63. The van der Waals surface area contributed by atoms with Gasteiger partial charge in [-0.15, -0.1) is 0 Å². The van der Waals surface area contributed by atoms with Crippen LogP contribution in [0.2, 0.25) is 0 Å². The van der Waals surface area contributed by atoms with Crippen LogP contribution in [-0.2, 0) is 0 Å². The van der Waals surface area contributed by atoms with E-state index in [0.29, 0.717) is 0 Å². The molecule has 0 aliphatic heterocycles. The number of rotatable bonds is 10. The van der Waals surface area contributed by atoms with Gasteiger partial charge in [-0.2, -0.15) is 5.26 Å². The van der Waals surface area contributed by atoms with Crippen molar-refractivity contribution in [2.24, 2.45) is 0 Å². The summed E-state index contributed by atoms with van der Waals surface area (Å²) in [5.74, 6) is 0. The molecule has 0 aromatic rings. The Morgan fingerprint density at radius 1 is 1.17 bits per heavy atom. The Bertz CT molecular complexity index is 247. The molecule has 0 aromatic heterocycles. The largest absolute Gasteiger partial charge is 0.308 e. The fourth-order valence-electron chi connectivity index (χ4n) is 1.89. The normalized spacial score (nSPS) is 14.8. The van der Waals surface area contributed by atoms with Crippen molar-refractivity contribution in [3.05, 3.63) is 0 Å². The van der Waals surface area contributed by atoms with Gasteiger partial charge < -0.3 is 15.1 Å². The van der Waals surface area contributed by atoms with E-state index in [-0.39, 0.29) is 5.54 Å². The van der Waals surface area contributed by atoms with Gasteiger partial charge in [0.05, 0.1) is 6.07 Å². The number of nitrogens with zero attached hydrogens (tertiary/aromatic N) is 3. The average Bonchev–Trinajstić information content (AvgIpc) is 2.35. The summed E-state index contributed by atoms with van der Waals surface area (Å²) in [5.41, 5.74) is -0.376. The molecule has 1 atom stereocenters. The fraction of sp³-hybridized carbons (Fsp3) is 0.929. The quantitative estimate of drug-likeness (QED) is 0.642. The number of hydrogen-bond donors (Lipinski definition) is 1. The molecule has 106 valence electrons. The first-order valence-electron chi connectivity index (χ1n) is 6.94. The Morgan fingerprint density at radius 2 is 1.83 bits per heavy atom. The number of nitriles is 1. The van der Waals surface area contributed by atoms with E-state index in [4.69, 9.17) is 5.26 Å². The Morgan fingerprint density at radius 3 is 2.28 bits per heavy atom. The summed E-state index contributed by atoms with van der Waals surface area (Å²) >= 11 is 0. The molecular formula is C14H30N4. The van der Waals surface area contributed by atoms with Crippen LogP contribution in [0.1, 0.15) is 33.1 Å². The third kappa shape index (κ3) is 7.65. The van der Waals surface area contributed by atoms with Gasteiger partial charge in [-0.05, 0) is 60.4 Å². The van der Waals surface area contributed by atoms with Crippen LogP contribution in [0.4, 0.5) is 0 Å². The Kier molecular flexibility index (Phi) is 8.99. The zero-order chi connectivity index (χ0) is 14.0. The molecule has 0 aliphatic rings. The summed E-state index contributed by atoms with van der Waals surface area (Å²) in [6.07, 6.45) is 3.16. The lowest BCUT2D eigenvalue weighted by Crippen LogP contribution is -2.39. The second-order valence-electron chi connectivity index (χ2n) is 5.44. The predicted molar refractivity (Wildman–Crippen MR) is 77.6 cm³/mol. The summed E-state index contributed by atoms with van der Waals surface area (Å²) in [5, 5.41) is 12.2. The van der Waals surface area contributed by atoms with E-state index in [1.165, 1.54) is 6.42 Å². The van der Waals surface area contributed by atoms with Crippen LogP contribution in [0.15, 0.2) is 0 Å². The third-order valence-electron chi connectivity index (χ3n) is 3.35. The first-order valence-corrected chi connectivity index (χ1v) is 6.94. The predicted octanol–water partition coefficient (Wildman–Crippen LogP) is 1.54. The summed E-state index contributed by atoms with van der Waals surface area (Å²) in [7, 11) is 6.08. The second-order valence-corrected chi connectivity index (χ2v) is 5.44. The molecule has 1 unspecified atom stereocenters. The highest BCUT2D eigenvalue weighted by Gasteiger charge is 2.20. The van der Waals surface area contributed by atoms with E-state index in [2.05, 4.69) is 42.2 Å². The Balaban J connectivity index is 4.00. The van der Waals surface area contributed by atoms with E-state index in [1.807, 2.05) is 14.0 Å². The van der Waals surface area contributed by atoms with E-state index in [9.17, 15) is 0 Å². The minimum absolute atomic E-state index is 0.376. The molecule has 4 nitrogen and oxygen atoms in total. The second kappa shape index (κ2) is 9.32. The maximum atomic E-state index is 9.10. The molecule has 0 aliphatic carbocycles. The molecule has 0 saturated carbocycles. The molecule has 0 heterocycles. The molecule has 0 aromatic carbocycles. The Hall–Kier alpha value is -0.630. The molecule has 18 heavy (non-hydrogen) atoms. The van der Waals surface area contributed by atoms with E-state index < -0.39 is 0 Å². The van der Waals surface area contributed by atoms with Crippen LogP contribution in [-0.4, -0.2) is 62.7 Å². The lowest BCUT2D eigenvalue weighted by Gasteiger charge is -2.26. The van der Waals surface area contributed by atoms with Crippen molar-refractivity contribution in [3.63, 3.8) is 0 Å². The third-order valence-corrected chi connectivity index (χ3v) is 3.35. The van der Waals surface area contributed by atoms with Gasteiger partial charge in [0.2, 0.25) is 0 Å². The zero-order valence-electron chi connectivity index (χ0n) is 12.8. The van der Waals surface area contributed by atoms with Gasteiger partial charge in [0.15, 0.2) is 0 Å². The minimum atomic E-state index is -0.376. The van der Waals surface area contributed by atoms with E-state index >= 15 is 0 Å². The standard InChI is InChI=1S/C14H30N4/c1-6-9-18(12-11-17(4)5)10-7-8-14(2,13-15)16-3/h16H,6-12H2,1-5H3. The molecule has 0 spiro atoms. The summed E-state index contributed by atoms with van der Waals surface area (Å²) in [6, 6.07) is 2.35. The molecule has 0 radical (unpaired) electrons. The van der Waals surface area contributed by atoms with Gasteiger partial charge in [-0.1, -0.05) is 6.92 Å². The molecule has 0 bridgehead atoms. The van der Waals surface area contributed by atoms with Crippen LogP contribution in [0.3, 0.4) is 0 Å². The smallest absolute Gasteiger partial charge is 0.103 e. The first-order chi connectivity index (χ1) is 8.47. The van der Waals surface area contributed by atoms with Crippen LogP contribution in [0.25, 0.3) is 0 Å². The topological polar surface area (TPSA) is 42.3 Å². The Labute approximate surface area is 113 Å². The highest BCUT2D eigenvalue weighted by Crippen LogP contribution is 2.11. The van der Waals surface area contributed by atoms with Gasteiger partial charge in [-0.25, -0.2) is 0 Å². The lowest BCUT2D eigenvalue weighted by atomic mass is 9.98. The SMILES string of the molecule is CCCN(CCCC(C)(C#N)NC)CCN(C)C. The van der Waals surface area contributed by atoms with Crippen molar-refractivity contribution >= 4 is 0 Å². The van der Waals surface area contributed by atoms with Crippen LogP contribution in [0, 0.1) is 11.3 Å². The van der Waals surface area contributed by atoms with Gasteiger partial charge in [0.25, 0.3) is 0 Å². The average molecular weight is 254 g/mol. The maximum Gasteiger partial charge on any atom is 0.103 e. The molecule has 1 N–H and O–H groups in total. The van der Waals surface area contributed by atoms with Crippen molar-refractivity contribution in [1.82, 2.24) is 15.1 Å². The molecule has 0 rings (SSSR count). The van der Waals surface area contributed by atoms with Gasteiger partial charge >= 0.3 is 0 Å². The maximum absolute atomic E-state index is 9.10. The summed E-state index contributed by atoms with van der Waals surface area (Å²) in [4.78, 5) is 4.71.